The monoisotopic (exact) mass is 360 g/mol. The van der Waals surface area contributed by atoms with E-state index in [0.717, 1.165) is 0 Å². The third-order valence-electron chi connectivity index (χ3n) is 1.36. The first-order valence-corrected chi connectivity index (χ1v) is 7.44. The smallest absolute Gasteiger partial charge is 0.321 e. The summed E-state index contributed by atoms with van der Waals surface area (Å²) >= 11 is 1.85. The molecule has 0 bridgehead atoms. The molecule has 0 aliphatic rings. The first-order chi connectivity index (χ1) is 6.99. The minimum atomic E-state index is -1.03. The Kier molecular flexibility index (Phi) is 9.00. The molecule has 0 rings (SSSR count). The predicted molar refractivity (Wildman–Crippen MR) is 72.2 cm³/mol. The highest BCUT2D eigenvalue weighted by Crippen LogP contribution is 2.22. The topological polar surface area (TPSA) is 92.4 Å². The highest BCUT2D eigenvalue weighted by Gasteiger charge is 2.14. The van der Waals surface area contributed by atoms with Gasteiger partial charge in [0.25, 0.3) is 0 Å². The summed E-state index contributed by atoms with van der Waals surface area (Å²) in [5.74, 6) is -0.247. The minimum Gasteiger partial charge on any atom is -0.480 e. The Bertz CT molecular complexity index is 234. The number of halogens is 1. The number of rotatable bonds is 8. The normalized spacial score (nSPS) is 14.5. The third kappa shape index (κ3) is 7.44. The van der Waals surface area contributed by atoms with Gasteiger partial charge in [-0.1, -0.05) is 21.6 Å². The van der Waals surface area contributed by atoms with Crippen LogP contribution in [0, 0.1) is 0 Å². The second-order valence-corrected chi connectivity index (χ2v) is 5.75. The molecule has 84 valence electrons. The maximum atomic E-state index is 10.8. The number of nitrogens with two attached hydrogens (primary N) is 1. The van der Waals surface area contributed by atoms with E-state index in [1.54, 1.807) is 0 Å². The van der Waals surface area contributed by atoms with E-state index in [1.165, 1.54) is 21.6 Å². The molecule has 0 spiro atoms. The molecule has 5 nitrogen and oxygen atoms in total. The molecule has 4 N–H and O–H groups in total. The highest BCUT2D eigenvalue weighted by molar-refractivity contribution is 14.1. The Labute approximate surface area is 111 Å². The van der Waals surface area contributed by atoms with Crippen molar-refractivity contribution in [1.29, 1.82) is 0 Å². The average molecular weight is 360 g/mol. The highest BCUT2D eigenvalue weighted by atomic mass is 127. The van der Waals surface area contributed by atoms with Crippen LogP contribution in [0.1, 0.15) is 0 Å². The second kappa shape index (κ2) is 8.68. The molecule has 0 saturated carbocycles. The van der Waals surface area contributed by atoms with Crippen molar-refractivity contribution in [2.75, 3.05) is 11.5 Å². The second-order valence-electron chi connectivity index (χ2n) is 2.58. The molecule has 0 heterocycles. The van der Waals surface area contributed by atoms with E-state index in [4.69, 9.17) is 18.7 Å². The first-order valence-electron chi connectivity index (χ1n) is 3.87. The molecule has 9 heteroatoms. The van der Waals surface area contributed by atoms with Gasteiger partial charge in [-0.25, -0.2) is 0 Å². The number of carbonyl (C=O) groups excluding carboxylic acids is 1. The Morgan fingerprint density at radius 1 is 1.47 bits per heavy atom. The number of carbonyl (C=O) groups is 2. The number of hydrogen-bond acceptors (Lipinski definition) is 6. The molecule has 2 atom stereocenters. The maximum Gasteiger partial charge on any atom is 0.321 e. The van der Waals surface area contributed by atoms with E-state index in [-0.39, 0.29) is 0 Å². The van der Waals surface area contributed by atoms with Crippen molar-refractivity contribution >= 4 is 64.0 Å². The van der Waals surface area contributed by atoms with Crippen molar-refractivity contribution in [3.05, 3.63) is 0 Å². The lowest BCUT2D eigenvalue weighted by molar-refractivity contribution is -0.137. The van der Waals surface area contributed by atoms with Crippen molar-refractivity contribution in [2.24, 2.45) is 5.73 Å². The minimum absolute atomic E-state index is 0.298. The molecule has 0 aliphatic carbocycles. The van der Waals surface area contributed by atoms with E-state index >= 15 is 0 Å². The molecule has 15 heavy (non-hydrogen) atoms. The lowest BCUT2D eigenvalue weighted by Crippen LogP contribution is -2.33. The zero-order valence-corrected chi connectivity index (χ0v) is 11.5. The quantitative estimate of drug-likeness (QED) is 0.181. The molecular formula is C6H10BIN2O3S2. The van der Waals surface area contributed by atoms with Crippen molar-refractivity contribution in [2.45, 2.75) is 12.1 Å². The fraction of sp³-hybridized carbons (Fsp3) is 0.667. The summed E-state index contributed by atoms with van der Waals surface area (Å²) in [6.45, 7) is 0. The molecule has 0 aromatic heterocycles. The van der Waals surface area contributed by atoms with Crippen molar-refractivity contribution in [3.8, 4) is 0 Å². The molecular weight excluding hydrogens is 350 g/mol. The van der Waals surface area contributed by atoms with Crippen molar-refractivity contribution in [1.82, 2.24) is 3.53 Å². The summed E-state index contributed by atoms with van der Waals surface area (Å²) < 4.78 is 2.73. The standard InChI is InChI=1S/C6H10BIN2O3S2/c7-5(11)4(10-8)2-15-14-1-3(9)6(12)13/h3-4,10H,1-2,9H2,(H,12,13)/t3-,4-/m0/s1. The van der Waals surface area contributed by atoms with Crippen LogP contribution in [0.15, 0.2) is 0 Å². The van der Waals surface area contributed by atoms with Crippen LogP contribution in [0.5, 0.6) is 0 Å². The zero-order valence-electron chi connectivity index (χ0n) is 7.68. The van der Waals surface area contributed by atoms with Crippen LogP contribution in [-0.2, 0) is 9.59 Å². The summed E-state index contributed by atoms with van der Waals surface area (Å²) in [6, 6.07) is -1.29. The molecule has 0 aliphatic heterocycles. The summed E-state index contributed by atoms with van der Waals surface area (Å²) in [5.41, 5.74) is 4.85. The van der Waals surface area contributed by atoms with Gasteiger partial charge in [0.15, 0.2) is 7.85 Å². The Hall–Kier alpha value is 0.555. The molecule has 0 fully saturated rings. The molecule has 0 unspecified atom stereocenters. The van der Waals surface area contributed by atoms with Gasteiger partial charge in [-0.05, 0) is 0 Å². The Morgan fingerprint density at radius 2 is 2.00 bits per heavy atom. The molecule has 0 saturated heterocycles. The third-order valence-corrected chi connectivity index (χ3v) is 4.56. The van der Waals surface area contributed by atoms with Gasteiger partial charge in [-0.3, -0.25) is 8.32 Å². The fourth-order valence-corrected chi connectivity index (χ4v) is 3.59. The lowest BCUT2D eigenvalue weighted by atomic mass is 9.97. The van der Waals surface area contributed by atoms with Crippen LogP contribution in [-0.4, -0.2) is 48.2 Å². The van der Waals surface area contributed by atoms with Gasteiger partial charge >= 0.3 is 5.97 Å². The van der Waals surface area contributed by atoms with E-state index in [2.05, 4.69) is 3.53 Å². The van der Waals surface area contributed by atoms with Crippen molar-refractivity contribution < 1.29 is 14.7 Å². The predicted octanol–water partition coefficient (Wildman–Crippen LogP) is -0.217. The van der Waals surface area contributed by atoms with Gasteiger partial charge in [0.2, 0.25) is 0 Å². The van der Waals surface area contributed by atoms with Crippen LogP contribution in [0.3, 0.4) is 0 Å². The molecule has 2 radical (unpaired) electrons. The summed E-state index contributed by atoms with van der Waals surface area (Å²) in [7, 11) is 7.77. The number of nitrogens with one attached hydrogen (secondary N) is 1. The molecule has 0 amide bonds. The van der Waals surface area contributed by atoms with E-state index in [9.17, 15) is 9.59 Å². The van der Waals surface area contributed by atoms with Crippen LogP contribution in [0.25, 0.3) is 0 Å². The Morgan fingerprint density at radius 3 is 2.40 bits per heavy atom. The zero-order chi connectivity index (χ0) is 11.8. The summed E-state index contributed by atoms with van der Waals surface area (Å²) in [4.78, 5) is 21.1. The molecule has 0 aromatic carbocycles. The maximum absolute atomic E-state index is 10.8. The number of carboxylic acids is 1. The van der Waals surface area contributed by atoms with Gasteiger partial charge in [0, 0.05) is 34.4 Å². The van der Waals surface area contributed by atoms with Gasteiger partial charge in [0.1, 0.15) is 6.04 Å². The SMILES string of the molecule is [B]C(=O)[C@H](CSSC[C@H](N)C(=O)O)NI. The van der Waals surface area contributed by atoms with Crippen LogP contribution in [0.4, 0.5) is 0 Å². The number of aliphatic carboxylic acids is 1. The van der Waals surface area contributed by atoms with Gasteiger partial charge < -0.3 is 15.6 Å². The van der Waals surface area contributed by atoms with E-state index in [1.807, 2.05) is 22.9 Å². The Balaban J connectivity index is 3.61. The summed E-state index contributed by atoms with van der Waals surface area (Å²) in [5, 5.41) is 8.49. The number of carboxylic acid groups (broad SMARTS) is 1. The van der Waals surface area contributed by atoms with Crippen molar-refractivity contribution in [3.63, 3.8) is 0 Å². The van der Waals surface area contributed by atoms with E-state index in [0.29, 0.717) is 11.5 Å². The molecule has 0 aromatic rings. The van der Waals surface area contributed by atoms with Gasteiger partial charge in [-0.15, -0.1) is 0 Å². The summed E-state index contributed by atoms with van der Waals surface area (Å²) in [6.07, 6.45) is 0. The largest absolute Gasteiger partial charge is 0.480 e. The van der Waals surface area contributed by atoms with Crippen LogP contribution >= 0.6 is 44.5 Å². The first kappa shape index (κ1) is 15.6. The van der Waals surface area contributed by atoms with Crippen LogP contribution < -0.4 is 9.26 Å². The lowest BCUT2D eigenvalue weighted by Gasteiger charge is -2.11. The van der Waals surface area contributed by atoms with Crippen LogP contribution in [0.2, 0.25) is 0 Å². The van der Waals surface area contributed by atoms with Gasteiger partial charge in [0.05, 0.1) is 11.7 Å². The van der Waals surface area contributed by atoms with Gasteiger partial charge in [-0.2, -0.15) is 0 Å². The average Bonchev–Trinajstić information content (AvgIpc) is 2.16. The number of hydrogen-bond donors (Lipinski definition) is 3. The fourth-order valence-electron chi connectivity index (χ4n) is 0.476. The van der Waals surface area contributed by atoms with E-state index < -0.39 is 23.7 Å².